The van der Waals surface area contributed by atoms with Gasteiger partial charge in [-0.05, 0) is 18.8 Å². The predicted octanol–water partition coefficient (Wildman–Crippen LogP) is 1.18. The van der Waals surface area contributed by atoms with Crippen LogP contribution in [0.4, 0.5) is 0 Å². The summed E-state index contributed by atoms with van der Waals surface area (Å²) in [6.07, 6.45) is 4.72. The maximum atomic E-state index is 9.57. The van der Waals surface area contributed by atoms with Gasteiger partial charge in [-0.25, -0.2) is 0 Å². The lowest BCUT2D eigenvalue weighted by Gasteiger charge is -2.27. The fourth-order valence-corrected chi connectivity index (χ4v) is 1.79. The fraction of sp³-hybridized carbons (Fsp3) is 1.00. The van der Waals surface area contributed by atoms with E-state index in [1.165, 1.54) is 19.3 Å². The summed E-state index contributed by atoms with van der Waals surface area (Å²) in [5, 5.41) is 9.57. The molecule has 2 aliphatic rings. The number of aliphatic hydroxyl groups excluding tert-OH is 1. The molecule has 1 saturated heterocycles. The Kier molecular flexibility index (Phi) is 2.14. The normalized spacial score (nSPS) is 39.0. The molecule has 1 saturated carbocycles. The van der Waals surface area contributed by atoms with Crippen molar-refractivity contribution in [1.29, 1.82) is 0 Å². The van der Waals surface area contributed by atoms with Gasteiger partial charge in [0.1, 0.15) is 0 Å². The summed E-state index contributed by atoms with van der Waals surface area (Å²) >= 11 is 0. The molecule has 0 amide bonds. The second kappa shape index (κ2) is 3.11. The molecule has 0 aromatic heterocycles. The number of ether oxygens (including phenoxy) is 1. The van der Waals surface area contributed by atoms with Crippen LogP contribution >= 0.6 is 0 Å². The van der Waals surface area contributed by atoms with E-state index in [2.05, 4.69) is 0 Å². The summed E-state index contributed by atoms with van der Waals surface area (Å²) < 4.78 is 5.32. The third-order valence-electron chi connectivity index (χ3n) is 2.77. The van der Waals surface area contributed by atoms with Gasteiger partial charge >= 0.3 is 0 Å². The van der Waals surface area contributed by atoms with Crippen molar-refractivity contribution in [2.24, 2.45) is 11.8 Å². The average molecular weight is 156 g/mol. The molecule has 0 radical (unpaired) electrons. The molecular formula is C9H16O2. The third-order valence-corrected chi connectivity index (χ3v) is 2.77. The molecule has 2 rings (SSSR count). The van der Waals surface area contributed by atoms with Crippen LogP contribution < -0.4 is 0 Å². The summed E-state index contributed by atoms with van der Waals surface area (Å²) in [4.78, 5) is 0. The van der Waals surface area contributed by atoms with Gasteiger partial charge in [-0.3, -0.25) is 0 Å². The minimum absolute atomic E-state index is 0.0793. The number of rotatable bonds is 2. The molecule has 2 heteroatoms. The minimum atomic E-state index is -0.0793. The molecule has 1 N–H and O–H groups in total. The van der Waals surface area contributed by atoms with Gasteiger partial charge < -0.3 is 9.84 Å². The van der Waals surface area contributed by atoms with Gasteiger partial charge in [0.15, 0.2) is 0 Å². The molecule has 1 aliphatic carbocycles. The van der Waals surface area contributed by atoms with E-state index < -0.39 is 0 Å². The van der Waals surface area contributed by atoms with E-state index in [4.69, 9.17) is 4.74 Å². The molecule has 1 aliphatic heterocycles. The summed E-state index contributed by atoms with van der Waals surface area (Å²) in [5.74, 6) is 1.35. The summed E-state index contributed by atoms with van der Waals surface area (Å²) in [5.41, 5.74) is 0. The van der Waals surface area contributed by atoms with Crippen molar-refractivity contribution < 1.29 is 9.84 Å². The summed E-state index contributed by atoms with van der Waals surface area (Å²) in [6.45, 7) is 1.54. The Balaban J connectivity index is 1.78. The van der Waals surface area contributed by atoms with Crippen molar-refractivity contribution in [2.45, 2.75) is 31.8 Å². The number of hydrogen-bond acceptors (Lipinski definition) is 2. The quantitative estimate of drug-likeness (QED) is 0.650. The van der Waals surface area contributed by atoms with Gasteiger partial charge in [-0.2, -0.15) is 0 Å². The maximum Gasteiger partial charge on any atom is 0.0612 e. The zero-order valence-electron chi connectivity index (χ0n) is 6.83. The first-order valence-electron chi connectivity index (χ1n) is 4.62. The van der Waals surface area contributed by atoms with Crippen LogP contribution in [0.25, 0.3) is 0 Å². The second-order valence-corrected chi connectivity index (χ2v) is 3.87. The van der Waals surface area contributed by atoms with Gasteiger partial charge in [0.25, 0.3) is 0 Å². The summed E-state index contributed by atoms with van der Waals surface area (Å²) in [6, 6.07) is 0. The Morgan fingerprint density at radius 1 is 1.27 bits per heavy atom. The summed E-state index contributed by atoms with van der Waals surface area (Å²) in [7, 11) is 0. The van der Waals surface area contributed by atoms with Gasteiger partial charge in [-0.15, -0.1) is 0 Å². The molecule has 2 atom stereocenters. The van der Waals surface area contributed by atoms with Crippen molar-refractivity contribution in [3.63, 3.8) is 0 Å². The van der Waals surface area contributed by atoms with Crippen molar-refractivity contribution in [1.82, 2.24) is 0 Å². The lowest BCUT2D eigenvalue weighted by Crippen LogP contribution is -2.31. The first kappa shape index (κ1) is 7.56. The lowest BCUT2D eigenvalue weighted by atomic mass is 9.93. The van der Waals surface area contributed by atoms with Gasteiger partial charge in [0.05, 0.1) is 12.7 Å². The van der Waals surface area contributed by atoms with E-state index in [-0.39, 0.29) is 6.10 Å². The first-order valence-corrected chi connectivity index (χ1v) is 4.62. The Morgan fingerprint density at radius 3 is 2.73 bits per heavy atom. The van der Waals surface area contributed by atoms with Crippen LogP contribution in [-0.2, 0) is 4.74 Å². The Bertz CT molecular complexity index is 132. The predicted molar refractivity (Wildman–Crippen MR) is 42.3 cm³/mol. The van der Waals surface area contributed by atoms with Crippen molar-refractivity contribution in [3.8, 4) is 0 Å². The fourth-order valence-electron chi connectivity index (χ4n) is 1.79. The highest BCUT2D eigenvalue weighted by Crippen LogP contribution is 2.37. The van der Waals surface area contributed by atoms with Crippen molar-refractivity contribution in [2.75, 3.05) is 13.2 Å². The molecule has 2 unspecified atom stereocenters. The molecule has 0 aromatic carbocycles. The molecule has 0 bridgehead atoms. The zero-order valence-corrected chi connectivity index (χ0v) is 6.83. The number of hydrogen-bond donors (Lipinski definition) is 1. The zero-order chi connectivity index (χ0) is 7.68. The average Bonchev–Trinajstić information content (AvgIpc) is 2.78. The largest absolute Gasteiger partial charge is 0.393 e. The molecule has 2 nitrogen and oxygen atoms in total. The monoisotopic (exact) mass is 156 g/mol. The Morgan fingerprint density at radius 2 is 2.09 bits per heavy atom. The van der Waals surface area contributed by atoms with Gasteiger partial charge in [0, 0.05) is 12.5 Å². The van der Waals surface area contributed by atoms with Crippen LogP contribution in [0.5, 0.6) is 0 Å². The molecular weight excluding hydrogens is 140 g/mol. The van der Waals surface area contributed by atoms with E-state index in [1.807, 2.05) is 0 Å². The number of aliphatic hydroxyl groups is 1. The van der Waals surface area contributed by atoms with E-state index >= 15 is 0 Å². The van der Waals surface area contributed by atoms with E-state index in [0.717, 1.165) is 25.6 Å². The van der Waals surface area contributed by atoms with Gasteiger partial charge in [0.2, 0.25) is 0 Å². The molecule has 11 heavy (non-hydrogen) atoms. The second-order valence-electron chi connectivity index (χ2n) is 3.87. The van der Waals surface area contributed by atoms with Crippen molar-refractivity contribution in [3.05, 3.63) is 0 Å². The molecule has 1 heterocycles. The SMILES string of the molecule is OC1CCOCC1CC1CC1. The van der Waals surface area contributed by atoms with Crippen LogP contribution in [0.2, 0.25) is 0 Å². The van der Waals surface area contributed by atoms with Crippen molar-refractivity contribution >= 4 is 0 Å². The van der Waals surface area contributed by atoms with Crippen LogP contribution in [-0.4, -0.2) is 24.4 Å². The van der Waals surface area contributed by atoms with E-state index in [0.29, 0.717) is 5.92 Å². The third kappa shape index (κ3) is 1.94. The Labute approximate surface area is 67.6 Å². The molecule has 64 valence electrons. The highest BCUT2D eigenvalue weighted by atomic mass is 16.5. The standard InChI is InChI=1S/C9H16O2/c10-9-3-4-11-6-8(9)5-7-1-2-7/h7-10H,1-6H2. The highest BCUT2D eigenvalue weighted by Gasteiger charge is 2.30. The lowest BCUT2D eigenvalue weighted by molar-refractivity contribution is -0.0400. The molecule has 0 aromatic rings. The Hall–Kier alpha value is -0.0800. The first-order chi connectivity index (χ1) is 5.36. The topological polar surface area (TPSA) is 29.5 Å². The van der Waals surface area contributed by atoms with Crippen LogP contribution in [0.1, 0.15) is 25.7 Å². The molecule has 2 fully saturated rings. The maximum absolute atomic E-state index is 9.57. The highest BCUT2D eigenvalue weighted by molar-refractivity contribution is 4.81. The smallest absolute Gasteiger partial charge is 0.0612 e. The van der Waals surface area contributed by atoms with Gasteiger partial charge in [-0.1, -0.05) is 12.8 Å². The van der Waals surface area contributed by atoms with Crippen LogP contribution in [0, 0.1) is 11.8 Å². The van der Waals surface area contributed by atoms with Crippen LogP contribution in [0.3, 0.4) is 0 Å². The van der Waals surface area contributed by atoms with E-state index in [9.17, 15) is 5.11 Å². The van der Waals surface area contributed by atoms with Crippen LogP contribution in [0.15, 0.2) is 0 Å². The minimum Gasteiger partial charge on any atom is -0.393 e. The molecule has 0 spiro atoms. The van der Waals surface area contributed by atoms with E-state index in [1.54, 1.807) is 0 Å².